The lowest BCUT2D eigenvalue weighted by Crippen LogP contribution is -2.35. The van der Waals surface area contributed by atoms with Crippen molar-refractivity contribution in [3.05, 3.63) is 82.4 Å². The molecule has 1 saturated heterocycles. The van der Waals surface area contributed by atoms with E-state index >= 15 is 0 Å². The second-order valence-electron chi connectivity index (χ2n) is 6.95. The number of aromatic amines is 1. The molecule has 0 radical (unpaired) electrons. The Hall–Kier alpha value is -2.86. The van der Waals surface area contributed by atoms with E-state index in [4.69, 9.17) is 4.98 Å². The number of hydrogen-bond acceptors (Lipinski definition) is 4. The van der Waals surface area contributed by atoms with Crippen molar-refractivity contribution in [3.63, 3.8) is 0 Å². The van der Waals surface area contributed by atoms with Gasteiger partial charge in [-0.05, 0) is 49.2 Å². The third-order valence-electron chi connectivity index (χ3n) is 4.95. The molecule has 138 valence electrons. The molecule has 1 atom stereocenters. The summed E-state index contributed by atoms with van der Waals surface area (Å²) in [4.78, 5) is 26.2. The van der Waals surface area contributed by atoms with Crippen LogP contribution in [0.25, 0.3) is 11.3 Å². The molecule has 0 saturated carbocycles. The van der Waals surface area contributed by atoms with Crippen LogP contribution in [0.2, 0.25) is 0 Å². The Morgan fingerprint density at radius 3 is 2.70 bits per heavy atom. The minimum absolute atomic E-state index is 0.137. The first-order valence-electron chi connectivity index (χ1n) is 9.16. The zero-order valence-corrected chi connectivity index (χ0v) is 14.9. The van der Waals surface area contributed by atoms with Crippen molar-refractivity contribution >= 4 is 0 Å². The highest BCUT2D eigenvalue weighted by molar-refractivity contribution is 5.57. The van der Waals surface area contributed by atoms with Gasteiger partial charge in [0.05, 0.1) is 5.69 Å². The lowest BCUT2D eigenvalue weighted by Gasteiger charge is -2.32. The van der Waals surface area contributed by atoms with E-state index in [-0.39, 0.29) is 17.3 Å². The highest BCUT2D eigenvalue weighted by atomic mass is 19.1. The zero-order chi connectivity index (χ0) is 18.6. The summed E-state index contributed by atoms with van der Waals surface area (Å²) in [6, 6.07) is 11.9. The average Bonchev–Trinajstić information content (AvgIpc) is 2.70. The van der Waals surface area contributed by atoms with Gasteiger partial charge in [0.2, 0.25) is 0 Å². The second-order valence-corrected chi connectivity index (χ2v) is 6.95. The van der Waals surface area contributed by atoms with E-state index in [1.165, 1.54) is 18.2 Å². The van der Waals surface area contributed by atoms with Gasteiger partial charge in [0.1, 0.15) is 11.6 Å². The second kappa shape index (κ2) is 7.80. The van der Waals surface area contributed by atoms with E-state index in [0.717, 1.165) is 49.4 Å². The molecule has 5 nitrogen and oxygen atoms in total. The molecule has 0 unspecified atom stereocenters. The molecular formula is C21H21FN4O. The highest BCUT2D eigenvalue weighted by Crippen LogP contribution is 2.26. The summed E-state index contributed by atoms with van der Waals surface area (Å²) in [5.74, 6) is 0.691. The third kappa shape index (κ3) is 4.28. The molecular weight excluding hydrogens is 343 g/mol. The molecule has 6 heteroatoms. The number of aromatic nitrogens is 3. The fourth-order valence-corrected chi connectivity index (χ4v) is 3.61. The molecule has 0 aliphatic carbocycles. The van der Waals surface area contributed by atoms with E-state index in [1.54, 1.807) is 12.4 Å². The molecule has 0 spiro atoms. The van der Waals surface area contributed by atoms with Gasteiger partial charge < -0.3 is 4.98 Å². The smallest absolute Gasteiger partial charge is 0.251 e. The van der Waals surface area contributed by atoms with Gasteiger partial charge in [-0.1, -0.05) is 12.1 Å². The Morgan fingerprint density at radius 1 is 1.15 bits per heavy atom. The van der Waals surface area contributed by atoms with Crippen LogP contribution in [0.5, 0.6) is 0 Å². The van der Waals surface area contributed by atoms with Crippen LogP contribution in [0.15, 0.2) is 59.7 Å². The van der Waals surface area contributed by atoms with E-state index in [1.807, 2.05) is 24.3 Å². The quantitative estimate of drug-likeness (QED) is 0.771. The van der Waals surface area contributed by atoms with Crippen molar-refractivity contribution in [2.45, 2.75) is 25.3 Å². The van der Waals surface area contributed by atoms with Gasteiger partial charge >= 0.3 is 0 Å². The molecule has 27 heavy (non-hydrogen) atoms. The summed E-state index contributed by atoms with van der Waals surface area (Å²) in [6.07, 6.45) is 5.42. The SMILES string of the molecule is O=c1cc(-c2ccncc2)nc([C@H]2CCCN(Cc3ccc(F)cc3)C2)[nH]1. The van der Waals surface area contributed by atoms with E-state index < -0.39 is 0 Å². The summed E-state index contributed by atoms with van der Waals surface area (Å²) in [5.41, 5.74) is 2.51. The normalized spacial score (nSPS) is 17.7. The number of likely N-dealkylation sites (tertiary alicyclic amines) is 1. The maximum atomic E-state index is 13.1. The Bertz CT molecular complexity index is 956. The molecule has 3 heterocycles. The minimum Gasteiger partial charge on any atom is -0.310 e. The highest BCUT2D eigenvalue weighted by Gasteiger charge is 2.23. The third-order valence-corrected chi connectivity index (χ3v) is 4.95. The fourth-order valence-electron chi connectivity index (χ4n) is 3.61. The van der Waals surface area contributed by atoms with Crippen LogP contribution in [0.1, 0.15) is 30.1 Å². The minimum atomic E-state index is -0.218. The maximum absolute atomic E-state index is 13.1. The molecule has 3 aromatic rings. The molecule has 4 rings (SSSR count). The molecule has 0 amide bonds. The maximum Gasteiger partial charge on any atom is 0.251 e. The van der Waals surface area contributed by atoms with Crippen molar-refractivity contribution in [1.82, 2.24) is 19.9 Å². The predicted octanol–water partition coefficient (Wildman–Crippen LogP) is 3.35. The number of H-pyrrole nitrogens is 1. The van der Waals surface area contributed by atoms with Crippen LogP contribution in [-0.2, 0) is 6.54 Å². The lowest BCUT2D eigenvalue weighted by atomic mass is 9.96. The lowest BCUT2D eigenvalue weighted by molar-refractivity contribution is 0.196. The van der Waals surface area contributed by atoms with Gasteiger partial charge in [0.15, 0.2) is 0 Å². The molecule has 1 N–H and O–H groups in total. The van der Waals surface area contributed by atoms with E-state index in [0.29, 0.717) is 5.69 Å². The van der Waals surface area contributed by atoms with Gasteiger partial charge in [-0.2, -0.15) is 0 Å². The van der Waals surface area contributed by atoms with Gasteiger partial charge in [0.25, 0.3) is 5.56 Å². The first kappa shape index (κ1) is 17.5. The fraction of sp³-hybridized carbons (Fsp3) is 0.286. The van der Waals surface area contributed by atoms with Gasteiger partial charge in [0, 0.05) is 43.0 Å². The number of benzene rings is 1. The summed E-state index contributed by atoms with van der Waals surface area (Å²) >= 11 is 0. The van der Waals surface area contributed by atoms with Gasteiger partial charge in [-0.25, -0.2) is 9.37 Å². The average molecular weight is 364 g/mol. The number of pyridine rings is 1. The van der Waals surface area contributed by atoms with Crippen molar-refractivity contribution < 1.29 is 4.39 Å². The number of nitrogens with zero attached hydrogens (tertiary/aromatic N) is 3. The van der Waals surface area contributed by atoms with Crippen LogP contribution in [0, 0.1) is 5.82 Å². The molecule has 0 bridgehead atoms. The molecule has 1 aliphatic heterocycles. The van der Waals surface area contributed by atoms with Gasteiger partial charge in [-0.15, -0.1) is 0 Å². The Balaban J connectivity index is 1.53. The predicted molar refractivity (Wildman–Crippen MR) is 102 cm³/mol. The molecule has 2 aromatic heterocycles. The Labute approximate surface area is 156 Å². The van der Waals surface area contributed by atoms with Crippen LogP contribution >= 0.6 is 0 Å². The number of nitrogens with one attached hydrogen (secondary N) is 1. The van der Waals surface area contributed by atoms with Crippen molar-refractivity contribution in [3.8, 4) is 11.3 Å². The topological polar surface area (TPSA) is 61.9 Å². The number of hydrogen-bond donors (Lipinski definition) is 1. The summed E-state index contributed by atoms with van der Waals surface area (Å²) in [7, 11) is 0. The first-order chi connectivity index (χ1) is 13.2. The number of rotatable bonds is 4. The Kier molecular flexibility index (Phi) is 5.07. The standard InChI is InChI=1S/C21H21FN4O/c22-18-5-3-15(4-6-18)13-26-11-1-2-17(14-26)21-24-19(12-20(27)25-21)16-7-9-23-10-8-16/h3-10,12,17H,1-2,11,13-14H2,(H,24,25,27)/t17-/m0/s1. The van der Waals surface area contributed by atoms with Crippen LogP contribution < -0.4 is 5.56 Å². The van der Waals surface area contributed by atoms with Crippen LogP contribution in [0.3, 0.4) is 0 Å². The summed E-state index contributed by atoms with van der Waals surface area (Å²) < 4.78 is 13.1. The molecule has 1 aromatic carbocycles. The van der Waals surface area contributed by atoms with Crippen LogP contribution in [0.4, 0.5) is 4.39 Å². The van der Waals surface area contributed by atoms with Crippen molar-refractivity contribution in [2.24, 2.45) is 0 Å². The number of halogens is 1. The number of piperidine rings is 1. The van der Waals surface area contributed by atoms with Gasteiger partial charge in [-0.3, -0.25) is 14.7 Å². The summed E-state index contributed by atoms with van der Waals surface area (Å²) in [5, 5.41) is 0. The molecule has 1 aliphatic rings. The zero-order valence-electron chi connectivity index (χ0n) is 14.9. The van der Waals surface area contributed by atoms with E-state index in [9.17, 15) is 9.18 Å². The van der Waals surface area contributed by atoms with Crippen molar-refractivity contribution in [1.29, 1.82) is 0 Å². The Morgan fingerprint density at radius 2 is 1.93 bits per heavy atom. The van der Waals surface area contributed by atoms with E-state index in [2.05, 4.69) is 14.9 Å². The molecule has 1 fully saturated rings. The van der Waals surface area contributed by atoms with Crippen molar-refractivity contribution in [2.75, 3.05) is 13.1 Å². The van der Waals surface area contributed by atoms with Crippen LogP contribution in [-0.4, -0.2) is 32.9 Å². The largest absolute Gasteiger partial charge is 0.310 e. The summed E-state index contributed by atoms with van der Waals surface area (Å²) in [6.45, 7) is 2.58. The first-order valence-corrected chi connectivity index (χ1v) is 9.16. The monoisotopic (exact) mass is 364 g/mol.